The van der Waals surface area contributed by atoms with Crippen molar-refractivity contribution in [3.8, 4) is 0 Å². The van der Waals surface area contributed by atoms with Gasteiger partial charge >= 0.3 is 30.0 Å². The Bertz CT molecular complexity index is 2670. The van der Waals surface area contributed by atoms with Gasteiger partial charge in [0.15, 0.2) is 0 Å². The smallest absolute Gasteiger partial charge is 0.410 e. The number of amides is 3. The summed E-state index contributed by atoms with van der Waals surface area (Å²) in [6, 6.07) is 36.7. The minimum absolute atomic E-state index is 0. The second-order valence-electron chi connectivity index (χ2n) is 24.0. The maximum Gasteiger partial charge on any atom is 0.410 e. The zero-order chi connectivity index (χ0) is 59.7. The summed E-state index contributed by atoms with van der Waals surface area (Å²) in [5.74, 6) is 1.05. The molecule has 4 saturated heterocycles. The van der Waals surface area contributed by atoms with Gasteiger partial charge in [-0.15, -0.1) is 24.8 Å². The van der Waals surface area contributed by atoms with Crippen molar-refractivity contribution in [3.63, 3.8) is 0 Å². The van der Waals surface area contributed by atoms with E-state index in [-0.39, 0.29) is 141 Å². The number of aliphatic hydroxyl groups is 3. The van der Waals surface area contributed by atoms with Gasteiger partial charge in [-0.2, -0.15) is 0 Å². The van der Waals surface area contributed by atoms with Crippen LogP contribution in [0.1, 0.15) is 124 Å². The number of rotatable bonds is 20. The highest BCUT2D eigenvalue weighted by atomic mass is 35.5. The fourth-order valence-electron chi connectivity index (χ4n) is 14.5. The number of hydrogen-bond acceptors (Lipinski definition) is 15. The van der Waals surface area contributed by atoms with Crippen LogP contribution in [-0.2, 0) is 39.9 Å². The first-order chi connectivity index (χ1) is 40.8. The SMILES string of the molecule is COC(=O)[C@@H](N[C@@H](CO)c1ccccc1)C1CC2CCC(C1)N2C(=O)N(C)C.COC(=O)[C@@H](N[C@@H](CO)c1ccccc1)C1CC2CCC(C1)N2C(=O)OCc1ccccc1.COC(=O)[C@@H](N[C@@H](CO)c1ccccc1)C1CC2CCC(C2)C1.Cl.Cl. The summed E-state index contributed by atoms with van der Waals surface area (Å²) in [6.45, 7) is -0.0188. The molecule has 2 aliphatic carbocycles. The van der Waals surface area contributed by atoms with Crippen LogP contribution in [0.4, 0.5) is 9.59 Å². The van der Waals surface area contributed by atoms with Gasteiger partial charge in [0.25, 0.3) is 0 Å². The van der Waals surface area contributed by atoms with Crippen molar-refractivity contribution >= 4 is 54.8 Å². The topological polar surface area (TPSA) is 229 Å². The van der Waals surface area contributed by atoms with E-state index in [0.29, 0.717) is 18.8 Å². The Balaban J connectivity index is 0.000000207. The molecule has 4 heterocycles. The van der Waals surface area contributed by atoms with E-state index in [1.165, 1.54) is 40.6 Å². The number of carbonyl (C=O) groups excluding carboxylic acids is 5. The van der Waals surface area contributed by atoms with E-state index < -0.39 is 12.1 Å². The average molecular weight is 1230 g/mol. The van der Waals surface area contributed by atoms with E-state index >= 15 is 0 Å². The Morgan fingerprint density at radius 1 is 0.465 bits per heavy atom. The number of nitrogens with one attached hydrogen (secondary N) is 3. The minimum Gasteiger partial charge on any atom is -0.468 e. The molecule has 3 amide bonds. The van der Waals surface area contributed by atoms with Gasteiger partial charge in [0.2, 0.25) is 0 Å². The highest BCUT2D eigenvalue weighted by Gasteiger charge is 2.49. The molecule has 10 rings (SSSR count). The molecule has 6 fully saturated rings. The number of piperidine rings is 2. The molecule has 6 aliphatic rings. The molecule has 4 aromatic rings. The van der Waals surface area contributed by atoms with Gasteiger partial charge in [-0.25, -0.2) is 9.59 Å². The van der Waals surface area contributed by atoms with Crippen LogP contribution in [0, 0.1) is 29.6 Å². The average Bonchev–Trinajstić information content (AvgIpc) is 2.37. The molecule has 2 saturated carbocycles. The lowest BCUT2D eigenvalue weighted by atomic mass is 9.77. The lowest BCUT2D eigenvalue weighted by Gasteiger charge is -2.42. The van der Waals surface area contributed by atoms with Crippen molar-refractivity contribution in [1.29, 1.82) is 0 Å². The summed E-state index contributed by atoms with van der Waals surface area (Å²) in [4.78, 5) is 68.6. The molecular weight excluding hydrogens is 1140 g/mol. The van der Waals surface area contributed by atoms with Crippen LogP contribution in [0.5, 0.6) is 0 Å². The number of esters is 3. The zero-order valence-corrected chi connectivity index (χ0v) is 52.0. The van der Waals surface area contributed by atoms with Crippen LogP contribution in [0.2, 0.25) is 0 Å². The molecule has 12 atom stereocenters. The van der Waals surface area contributed by atoms with E-state index in [1.54, 1.807) is 19.0 Å². The van der Waals surface area contributed by atoms with Crippen molar-refractivity contribution in [3.05, 3.63) is 144 Å². The third kappa shape index (κ3) is 17.7. The van der Waals surface area contributed by atoms with Crippen molar-refractivity contribution in [1.82, 2.24) is 30.7 Å². The highest BCUT2D eigenvalue weighted by Crippen LogP contribution is 2.47. The minimum atomic E-state index is -0.557. The number of hydrogen-bond donors (Lipinski definition) is 6. The second kappa shape index (κ2) is 34.1. The monoisotopic (exact) mass is 1230 g/mol. The standard InChI is InChI=1S/C26H32N2O5.C21H31N3O4.C19H27NO3.2ClH/c1-32-25(30)24(27-23(16-29)19-10-6-3-7-11-19)20-14-21-12-13-22(15-20)28(21)26(31)33-17-18-8-4-2-5-9-18;1-23(2)21(27)24-16-9-10-17(24)12-15(11-16)19(20(26)28-3)22-18(13-25)14-7-5-4-6-8-14;1-23-19(22)18(16-10-13-7-8-14(9-13)11-16)20-17(12-21)15-5-3-2-4-6-15;;/h2-11,20-24,27,29H,12-17H2,1H3;4-8,15-19,22,25H,9-13H2,1-3H3;2-6,13-14,16-18,20-21H,7-12H2,1H3;2*1H/t20?,21?,22?,23-,24-;15?,16?,17?,18-,19-;13?,14?,16?,17-,18-;;/m000../s1. The van der Waals surface area contributed by atoms with Crippen LogP contribution in [0.15, 0.2) is 121 Å². The van der Waals surface area contributed by atoms with Crippen LogP contribution < -0.4 is 16.0 Å². The molecule has 6 unspecified atom stereocenters. The molecule has 0 spiro atoms. The van der Waals surface area contributed by atoms with Crippen LogP contribution in [0.3, 0.4) is 0 Å². The molecule has 0 aromatic heterocycles. The van der Waals surface area contributed by atoms with E-state index in [1.807, 2.05) is 131 Å². The Labute approximate surface area is 520 Å². The number of urea groups is 1. The number of benzene rings is 4. The van der Waals surface area contributed by atoms with Gasteiger partial charge in [-0.3, -0.25) is 30.3 Å². The third-order valence-electron chi connectivity index (χ3n) is 18.6. The Hall–Kier alpha value is -5.83. The third-order valence-corrected chi connectivity index (χ3v) is 18.6. The lowest BCUT2D eigenvalue weighted by Crippen LogP contribution is -2.55. The van der Waals surface area contributed by atoms with E-state index in [9.17, 15) is 39.3 Å². The quantitative estimate of drug-likeness (QED) is 0.0359. The van der Waals surface area contributed by atoms with Gasteiger partial charge < -0.3 is 49.0 Å². The highest BCUT2D eigenvalue weighted by molar-refractivity contribution is 5.85. The van der Waals surface area contributed by atoms with Gasteiger partial charge in [0.05, 0.1) is 59.3 Å². The first-order valence-corrected chi connectivity index (χ1v) is 30.2. The summed E-state index contributed by atoms with van der Waals surface area (Å²) >= 11 is 0. The molecule has 6 N–H and O–H groups in total. The molecule has 6 bridgehead atoms. The predicted octanol–water partition coefficient (Wildman–Crippen LogP) is 8.73. The van der Waals surface area contributed by atoms with Gasteiger partial charge in [-0.05, 0) is 122 Å². The Kier molecular flexibility index (Phi) is 27.4. The maximum atomic E-state index is 12.9. The number of carbonyl (C=O) groups is 5. The summed E-state index contributed by atoms with van der Waals surface area (Å²) in [5.41, 5.74) is 3.81. The molecule has 4 aliphatic heterocycles. The molecule has 4 aromatic carbocycles. The molecular formula is C66H92Cl2N6O12. The lowest BCUT2D eigenvalue weighted by molar-refractivity contribution is -0.146. The van der Waals surface area contributed by atoms with Crippen molar-refractivity contribution in [2.24, 2.45) is 29.6 Å². The summed E-state index contributed by atoms with van der Waals surface area (Å²) in [7, 11) is 7.78. The predicted molar refractivity (Wildman–Crippen MR) is 332 cm³/mol. The molecule has 472 valence electrons. The van der Waals surface area contributed by atoms with E-state index in [0.717, 1.165) is 85.5 Å². The second-order valence-corrected chi connectivity index (χ2v) is 24.0. The molecule has 18 nitrogen and oxygen atoms in total. The fraction of sp³-hybridized carbons (Fsp3) is 0.561. The summed E-state index contributed by atoms with van der Waals surface area (Å²) in [6.07, 6.45) is 12.5. The Morgan fingerprint density at radius 2 is 0.779 bits per heavy atom. The van der Waals surface area contributed by atoms with Crippen molar-refractivity contribution < 1.29 is 58.2 Å². The number of ether oxygens (including phenoxy) is 4. The van der Waals surface area contributed by atoms with Crippen molar-refractivity contribution in [2.75, 3.05) is 55.2 Å². The number of nitrogens with zero attached hydrogens (tertiary/aromatic N) is 3. The van der Waals surface area contributed by atoms with Crippen LogP contribution in [0.25, 0.3) is 0 Å². The van der Waals surface area contributed by atoms with Gasteiger partial charge in [-0.1, -0.05) is 134 Å². The number of methoxy groups -OCH3 is 3. The normalized spacial score (nSPS) is 25.2. The Morgan fingerprint density at radius 3 is 1.09 bits per heavy atom. The fourth-order valence-corrected chi connectivity index (χ4v) is 14.5. The van der Waals surface area contributed by atoms with E-state index in [4.69, 9.17) is 18.9 Å². The summed E-state index contributed by atoms with van der Waals surface area (Å²) in [5, 5.41) is 39.7. The molecule has 0 radical (unpaired) electrons. The number of fused-ring (bicyclic) bond motifs is 6. The maximum absolute atomic E-state index is 12.9. The molecule has 20 heteroatoms. The zero-order valence-electron chi connectivity index (χ0n) is 50.4. The largest absolute Gasteiger partial charge is 0.468 e. The molecule has 86 heavy (non-hydrogen) atoms. The van der Waals surface area contributed by atoms with E-state index in [2.05, 4.69) is 16.0 Å². The number of aliphatic hydroxyl groups excluding tert-OH is 3. The number of halogens is 2. The van der Waals surface area contributed by atoms with Crippen LogP contribution >= 0.6 is 24.8 Å². The first-order valence-electron chi connectivity index (χ1n) is 30.2. The van der Waals surface area contributed by atoms with Gasteiger partial charge in [0.1, 0.15) is 24.7 Å². The summed E-state index contributed by atoms with van der Waals surface area (Å²) < 4.78 is 20.8. The van der Waals surface area contributed by atoms with Gasteiger partial charge in [0, 0.05) is 38.3 Å². The van der Waals surface area contributed by atoms with Crippen molar-refractivity contribution in [2.45, 2.75) is 150 Å². The van der Waals surface area contributed by atoms with Crippen LogP contribution in [-0.4, -0.2) is 158 Å². The first kappa shape index (κ1) is 69.3.